The molecule has 0 bridgehead atoms. The van der Waals surface area contributed by atoms with E-state index in [4.69, 9.17) is 14.2 Å². The van der Waals surface area contributed by atoms with Gasteiger partial charge in [0.2, 0.25) is 0 Å². The molecule has 0 saturated carbocycles. The Bertz CT molecular complexity index is 1460. The minimum Gasteiger partial charge on any atom is -0.462 e. The molecule has 0 radical (unpaired) electrons. The molecule has 6 heteroatoms. The molecule has 404 valence electrons. The smallest absolute Gasteiger partial charge is 0.306 e. The first-order valence-electron chi connectivity index (χ1n) is 29.4. The van der Waals surface area contributed by atoms with Crippen LogP contribution in [0.2, 0.25) is 0 Å². The van der Waals surface area contributed by atoms with Gasteiger partial charge in [-0.2, -0.15) is 0 Å². The van der Waals surface area contributed by atoms with Gasteiger partial charge in [-0.3, -0.25) is 14.4 Å². The van der Waals surface area contributed by atoms with Gasteiger partial charge in [0.15, 0.2) is 6.10 Å². The zero-order valence-electron chi connectivity index (χ0n) is 46.2. The summed E-state index contributed by atoms with van der Waals surface area (Å²) in [6, 6.07) is 0. The van der Waals surface area contributed by atoms with E-state index in [9.17, 15) is 14.4 Å². The molecule has 1 atom stereocenters. The van der Waals surface area contributed by atoms with Crippen LogP contribution in [-0.2, 0) is 28.6 Å². The third-order valence-corrected chi connectivity index (χ3v) is 12.2. The fourth-order valence-electron chi connectivity index (χ4n) is 7.83. The van der Waals surface area contributed by atoms with Gasteiger partial charge in [0.05, 0.1) is 0 Å². The van der Waals surface area contributed by atoms with Gasteiger partial charge in [0.1, 0.15) is 13.2 Å². The number of rotatable bonds is 52. The van der Waals surface area contributed by atoms with Crippen molar-refractivity contribution < 1.29 is 28.6 Å². The summed E-state index contributed by atoms with van der Waals surface area (Å²) in [5.41, 5.74) is 0. The van der Waals surface area contributed by atoms with Crippen molar-refractivity contribution in [3.63, 3.8) is 0 Å². The Hall–Kier alpha value is -3.93. The van der Waals surface area contributed by atoms with Crippen LogP contribution in [0.4, 0.5) is 0 Å². The third-order valence-electron chi connectivity index (χ3n) is 12.2. The summed E-state index contributed by atoms with van der Waals surface area (Å²) >= 11 is 0. The summed E-state index contributed by atoms with van der Waals surface area (Å²) in [7, 11) is 0. The van der Waals surface area contributed by atoms with Crippen molar-refractivity contribution in [2.45, 2.75) is 271 Å². The second-order valence-corrected chi connectivity index (χ2v) is 19.2. The average molecular weight is 986 g/mol. The quantitative estimate of drug-likeness (QED) is 0.0261. The maximum absolute atomic E-state index is 12.9. The lowest BCUT2D eigenvalue weighted by atomic mass is 10.1. The number of carbonyl (C=O) groups excluding carboxylic acids is 3. The van der Waals surface area contributed by atoms with Crippen LogP contribution in [-0.4, -0.2) is 37.2 Å². The Morgan fingerprint density at radius 3 is 0.958 bits per heavy atom. The molecule has 0 amide bonds. The van der Waals surface area contributed by atoms with Gasteiger partial charge < -0.3 is 14.2 Å². The van der Waals surface area contributed by atoms with Gasteiger partial charge in [-0.1, -0.05) is 233 Å². The molecule has 0 aliphatic carbocycles. The third kappa shape index (κ3) is 56.9. The first-order chi connectivity index (χ1) is 35.0. The molecule has 0 aromatic rings. The molecule has 0 aromatic heterocycles. The zero-order chi connectivity index (χ0) is 51.4. The van der Waals surface area contributed by atoms with Gasteiger partial charge in [-0.15, -0.1) is 0 Å². The topological polar surface area (TPSA) is 78.9 Å². The van der Waals surface area contributed by atoms with Gasteiger partial charge >= 0.3 is 17.9 Å². The van der Waals surface area contributed by atoms with E-state index >= 15 is 0 Å². The maximum Gasteiger partial charge on any atom is 0.306 e. The lowest BCUT2D eigenvalue weighted by Crippen LogP contribution is -2.30. The Kier molecular flexibility index (Phi) is 55.4. The zero-order valence-corrected chi connectivity index (χ0v) is 46.2. The number of esters is 3. The molecule has 0 fully saturated rings. The van der Waals surface area contributed by atoms with Gasteiger partial charge in [0, 0.05) is 19.3 Å². The molecule has 0 saturated heterocycles. The molecule has 0 aliphatic heterocycles. The first-order valence-corrected chi connectivity index (χ1v) is 29.4. The second-order valence-electron chi connectivity index (χ2n) is 19.2. The fraction of sp³-hybridized carbons (Fsp3) is 0.677. The highest BCUT2D eigenvalue weighted by atomic mass is 16.6. The molecule has 0 aromatic carbocycles. The number of hydrogen-bond acceptors (Lipinski definition) is 6. The minimum atomic E-state index is -0.814. The van der Waals surface area contributed by atoms with Crippen LogP contribution in [0.5, 0.6) is 0 Å². The van der Waals surface area contributed by atoms with Crippen LogP contribution in [0.3, 0.4) is 0 Å². The number of carbonyl (C=O) groups is 3. The highest BCUT2D eigenvalue weighted by Crippen LogP contribution is 2.14. The molecule has 0 rings (SSSR count). The summed E-state index contributed by atoms with van der Waals surface area (Å²) in [5.74, 6) is -0.989. The molecule has 71 heavy (non-hydrogen) atoms. The summed E-state index contributed by atoms with van der Waals surface area (Å²) in [5, 5.41) is 0. The van der Waals surface area contributed by atoms with Crippen molar-refractivity contribution in [3.8, 4) is 0 Å². The lowest BCUT2D eigenvalue weighted by Gasteiger charge is -2.18. The first kappa shape index (κ1) is 67.1. The molecular weight excluding hydrogens is 877 g/mol. The van der Waals surface area contributed by atoms with Crippen LogP contribution in [0, 0.1) is 0 Å². The van der Waals surface area contributed by atoms with E-state index in [0.717, 1.165) is 103 Å². The van der Waals surface area contributed by atoms with E-state index in [1.54, 1.807) is 0 Å². The van der Waals surface area contributed by atoms with Crippen molar-refractivity contribution in [1.82, 2.24) is 0 Å². The second kappa shape index (κ2) is 58.6. The molecule has 0 N–H and O–H groups in total. The van der Waals surface area contributed by atoms with Gasteiger partial charge in [-0.25, -0.2) is 0 Å². The van der Waals surface area contributed by atoms with Crippen LogP contribution in [0.1, 0.15) is 265 Å². The molecule has 6 nitrogen and oxygen atoms in total. The summed E-state index contributed by atoms with van der Waals surface area (Å²) < 4.78 is 16.8. The van der Waals surface area contributed by atoms with Crippen LogP contribution in [0.15, 0.2) is 109 Å². The highest BCUT2D eigenvalue weighted by molar-refractivity contribution is 5.71. The SMILES string of the molecule is CC/C=C\C/C=C\C/C=C\C/C=C\CCCCCCC(=O)OC[C@H](COC(=O)CCC/C=C\C/C=C\C/C=C\C/C=C\CCCCC)OC(=O)CCCCCCCCCCC/C=C\CCCCCCCC. The van der Waals surface area contributed by atoms with E-state index in [2.05, 4.69) is 130 Å². The Balaban J connectivity index is 4.51. The molecule has 0 spiro atoms. The van der Waals surface area contributed by atoms with Crippen LogP contribution >= 0.6 is 0 Å². The normalized spacial score (nSPS) is 12.9. The Morgan fingerprint density at radius 2 is 0.563 bits per heavy atom. The maximum atomic E-state index is 12.9. The highest BCUT2D eigenvalue weighted by Gasteiger charge is 2.19. The summed E-state index contributed by atoms with van der Waals surface area (Å²) in [4.78, 5) is 38.2. The van der Waals surface area contributed by atoms with E-state index in [0.29, 0.717) is 19.3 Å². The Labute approximate surface area is 438 Å². The minimum absolute atomic E-state index is 0.110. The van der Waals surface area contributed by atoms with E-state index in [-0.39, 0.29) is 37.5 Å². The van der Waals surface area contributed by atoms with Gasteiger partial charge in [0.25, 0.3) is 0 Å². The molecule has 0 aliphatic rings. The number of ether oxygens (including phenoxy) is 3. The van der Waals surface area contributed by atoms with Crippen molar-refractivity contribution in [1.29, 1.82) is 0 Å². The number of allylic oxidation sites excluding steroid dienone is 18. The monoisotopic (exact) mass is 985 g/mol. The predicted molar refractivity (Wildman–Crippen MR) is 307 cm³/mol. The summed E-state index contributed by atoms with van der Waals surface area (Å²) in [6.07, 6.45) is 79.4. The largest absolute Gasteiger partial charge is 0.462 e. The fourth-order valence-corrected chi connectivity index (χ4v) is 7.83. The van der Waals surface area contributed by atoms with Crippen molar-refractivity contribution in [2.24, 2.45) is 0 Å². The molecule has 0 unspecified atom stereocenters. The number of unbranched alkanes of at least 4 members (excludes halogenated alkanes) is 23. The standard InChI is InChI=1S/C65H108O6/c1-4-7-10-13-16-19-22-25-28-31-32-35-38-41-44-47-50-53-56-59-65(68)71-62(60-69-63(66)57-54-51-48-45-42-39-36-33-29-26-23-20-17-14-11-8-5-2)61-70-64(67)58-55-52-49-46-43-40-37-34-30-27-24-21-18-15-12-9-6-3/h8,11,17-18,20-21,25-30,36-37,39-40,46,49,62H,4-7,9-10,12-16,19,22-24,31-35,38,41-45,47-48,50-61H2,1-3H3/b11-8-,20-17-,21-18-,28-25-,29-26-,30-27-,39-36-,40-37-,49-46-/t62-/m1/s1. The van der Waals surface area contributed by atoms with Crippen molar-refractivity contribution in [3.05, 3.63) is 109 Å². The Morgan fingerprint density at radius 1 is 0.296 bits per heavy atom. The van der Waals surface area contributed by atoms with E-state index < -0.39 is 6.10 Å². The molecular formula is C65H108O6. The lowest BCUT2D eigenvalue weighted by molar-refractivity contribution is -0.167. The van der Waals surface area contributed by atoms with E-state index in [1.165, 1.54) is 116 Å². The molecule has 0 heterocycles. The number of hydrogen-bond donors (Lipinski definition) is 0. The van der Waals surface area contributed by atoms with E-state index in [1.807, 2.05) is 0 Å². The van der Waals surface area contributed by atoms with Crippen LogP contribution < -0.4 is 0 Å². The summed E-state index contributed by atoms with van der Waals surface area (Å²) in [6.45, 7) is 6.43. The van der Waals surface area contributed by atoms with Gasteiger partial charge in [-0.05, 0) is 122 Å². The average Bonchev–Trinajstić information content (AvgIpc) is 3.37. The predicted octanol–water partition coefficient (Wildman–Crippen LogP) is 19.9. The van der Waals surface area contributed by atoms with Crippen LogP contribution in [0.25, 0.3) is 0 Å². The van der Waals surface area contributed by atoms with Crippen molar-refractivity contribution in [2.75, 3.05) is 13.2 Å². The van der Waals surface area contributed by atoms with Crippen molar-refractivity contribution >= 4 is 17.9 Å².